The second-order valence-corrected chi connectivity index (χ2v) is 4.65. The Morgan fingerprint density at radius 1 is 1.47 bits per heavy atom. The lowest BCUT2D eigenvalue weighted by atomic mass is 10.1. The molecule has 0 saturated carbocycles. The molecule has 0 radical (unpaired) electrons. The van der Waals surface area contributed by atoms with Gasteiger partial charge in [0.1, 0.15) is 5.75 Å². The molecule has 5 nitrogen and oxygen atoms in total. The van der Waals surface area contributed by atoms with Crippen LogP contribution >= 0.6 is 15.9 Å². The van der Waals surface area contributed by atoms with Gasteiger partial charge in [-0.3, -0.25) is 9.59 Å². The number of amides is 2. The predicted octanol–water partition coefficient (Wildman–Crippen LogP) is 0.727. The van der Waals surface area contributed by atoms with Crippen LogP contribution in [0.5, 0.6) is 5.75 Å². The number of halogens is 1. The van der Waals surface area contributed by atoms with Gasteiger partial charge < -0.3 is 15.3 Å². The van der Waals surface area contributed by atoms with E-state index < -0.39 is 0 Å². The zero-order valence-corrected chi connectivity index (χ0v) is 10.5. The number of piperazine rings is 1. The molecule has 17 heavy (non-hydrogen) atoms. The van der Waals surface area contributed by atoms with E-state index >= 15 is 0 Å². The Balaban J connectivity index is 2.21. The molecule has 2 amide bonds. The summed E-state index contributed by atoms with van der Waals surface area (Å²) in [5, 5.41) is 12.3. The Morgan fingerprint density at radius 2 is 2.24 bits per heavy atom. The minimum Gasteiger partial charge on any atom is -0.507 e. The van der Waals surface area contributed by atoms with Crippen LogP contribution in [0.15, 0.2) is 22.7 Å². The Morgan fingerprint density at radius 3 is 2.88 bits per heavy atom. The highest BCUT2D eigenvalue weighted by Gasteiger charge is 2.24. The van der Waals surface area contributed by atoms with Gasteiger partial charge in [0.25, 0.3) is 5.91 Å². The molecule has 1 fully saturated rings. The first kappa shape index (κ1) is 11.9. The summed E-state index contributed by atoms with van der Waals surface area (Å²) in [4.78, 5) is 24.6. The summed E-state index contributed by atoms with van der Waals surface area (Å²) < 4.78 is 0.697. The number of benzene rings is 1. The quantitative estimate of drug-likeness (QED) is 0.803. The third-order valence-corrected chi connectivity index (χ3v) is 3.01. The summed E-state index contributed by atoms with van der Waals surface area (Å²) in [6, 6.07) is 4.67. The molecule has 2 N–H and O–H groups in total. The average Bonchev–Trinajstić information content (AvgIpc) is 2.28. The molecule has 0 unspecified atom stereocenters. The summed E-state index contributed by atoms with van der Waals surface area (Å²) >= 11 is 3.20. The summed E-state index contributed by atoms with van der Waals surface area (Å²) in [7, 11) is 0. The van der Waals surface area contributed by atoms with E-state index in [1.165, 1.54) is 17.0 Å². The topological polar surface area (TPSA) is 69.6 Å². The summed E-state index contributed by atoms with van der Waals surface area (Å²) in [5.41, 5.74) is 0.211. The Labute approximate surface area is 107 Å². The van der Waals surface area contributed by atoms with Crippen molar-refractivity contribution in [1.82, 2.24) is 10.2 Å². The first-order chi connectivity index (χ1) is 8.08. The molecule has 6 heteroatoms. The maximum Gasteiger partial charge on any atom is 0.258 e. The number of phenolic OH excluding ortho intramolecular Hbond substituents is 1. The second-order valence-electron chi connectivity index (χ2n) is 3.74. The molecule has 0 aromatic heterocycles. The Bertz CT molecular complexity index is 476. The SMILES string of the molecule is O=C1CN(C(=O)c2ccc(Br)cc2O)CCN1. The van der Waals surface area contributed by atoms with Gasteiger partial charge in [-0.1, -0.05) is 15.9 Å². The molecule has 0 bridgehead atoms. The maximum atomic E-state index is 12.0. The minimum atomic E-state index is -0.329. The molecule has 1 aromatic rings. The largest absolute Gasteiger partial charge is 0.507 e. The standard InChI is InChI=1S/C11H11BrN2O3/c12-7-1-2-8(9(15)5-7)11(17)14-4-3-13-10(16)6-14/h1-2,5,15H,3-4,6H2,(H,13,16). The molecule has 1 aliphatic heterocycles. The smallest absolute Gasteiger partial charge is 0.258 e. The first-order valence-electron chi connectivity index (χ1n) is 5.12. The van der Waals surface area contributed by atoms with E-state index in [1.807, 2.05) is 0 Å². The van der Waals surface area contributed by atoms with Gasteiger partial charge in [0.15, 0.2) is 0 Å². The number of phenols is 1. The van der Waals surface area contributed by atoms with Crippen molar-refractivity contribution in [2.45, 2.75) is 0 Å². The van der Waals surface area contributed by atoms with Crippen molar-refractivity contribution < 1.29 is 14.7 Å². The van der Waals surface area contributed by atoms with Crippen LogP contribution in [0, 0.1) is 0 Å². The molecule has 1 aliphatic rings. The lowest BCUT2D eigenvalue weighted by molar-refractivity contribution is -0.123. The Kier molecular flexibility index (Phi) is 3.33. The third-order valence-electron chi connectivity index (χ3n) is 2.52. The van der Waals surface area contributed by atoms with Crippen molar-refractivity contribution in [2.75, 3.05) is 19.6 Å². The van der Waals surface area contributed by atoms with Crippen LogP contribution in [0.4, 0.5) is 0 Å². The number of nitrogens with zero attached hydrogens (tertiary/aromatic N) is 1. The molecule has 0 aliphatic carbocycles. The molecular formula is C11H11BrN2O3. The summed E-state index contributed by atoms with van der Waals surface area (Å²) in [6.45, 7) is 0.941. The van der Waals surface area contributed by atoms with Crippen LogP contribution in [-0.2, 0) is 4.79 Å². The Hall–Kier alpha value is -1.56. The lowest BCUT2D eigenvalue weighted by Crippen LogP contribution is -2.49. The van der Waals surface area contributed by atoms with Crippen molar-refractivity contribution in [3.05, 3.63) is 28.2 Å². The van der Waals surface area contributed by atoms with Gasteiger partial charge in [-0.2, -0.15) is 0 Å². The zero-order valence-electron chi connectivity index (χ0n) is 8.94. The van der Waals surface area contributed by atoms with Gasteiger partial charge >= 0.3 is 0 Å². The molecule has 90 valence electrons. The fourth-order valence-corrected chi connectivity index (χ4v) is 2.02. The lowest BCUT2D eigenvalue weighted by Gasteiger charge is -2.26. The van der Waals surface area contributed by atoms with Gasteiger partial charge in [0.2, 0.25) is 5.91 Å². The van der Waals surface area contributed by atoms with E-state index in [9.17, 15) is 14.7 Å². The van der Waals surface area contributed by atoms with Crippen molar-refractivity contribution >= 4 is 27.7 Å². The third kappa shape index (κ3) is 2.58. The van der Waals surface area contributed by atoms with Crippen LogP contribution in [-0.4, -0.2) is 41.5 Å². The van der Waals surface area contributed by atoms with Crippen LogP contribution in [0.2, 0.25) is 0 Å². The fraction of sp³-hybridized carbons (Fsp3) is 0.273. The van der Waals surface area contributed by atoms with Gasteiger partial charge in [-0.25, -0.2) is 0 Å². The number of rotatable bonds is 1. The van der Waals surface area contributed by atoms with Crippen LogP contribution < -0.4 is 5.32 Å². The van der Waals surface area contributed by atoms with Gasteiger partial charge in [-0.15, -0.1) is 0 Å². The molecule has 0 spiro atoms. The molecule has 1 saturated heterocycles. The highest BCUT2D eigenvalue weighted by molar-refractivity contribution is 9.10. The number of carbonyl (C=O) groups excluding carboxylic acids is 2. The molecule has 2 rings (SSSR count). The van der Waals surface area contributed by atoms with Crippen LogP contribution in [0.25, 0.3) is 0 Å². The molecule has 1 heterocycles. The number of aromatic hydroxyl groups is 1. The first-order valence-corrected chi connectivity index (χ1v) is 5.92. The number of hydrogen-bond acceptors (Lipinski definition) is 3. The van der Waals surface area contributed by atoms with E-state index in [4.69, 9.17) is 0 Å². The van der Waals surface area contributed by atoms with Gasteiger partial charge in [0.05, 0.1) is 12.1 Å². The van der Waals surface area contributed by atoms with E-state index in [-0.39, 0.29) is 29.7 Å². The highest BCUT2D eigenvalue weighted by Crippen LogP contribution is 2.23. The zero-order chi connectivity index (χ0) is 12.4. The normalized spacial score (nSPS) is 15.6. The van der Waals surface area contributed by atoms with Crippen LogP contribution in [0.1, 0.15) is 10.4 Å². The predicted molar refractivity (Wildman–Crippen MR) is 64.7 cm³/mol. The van der Waals surface area contributed by atoms with E-state index in [0.29, 0.717) is 17.6 Å². The van der Waals surface area contributed by atoms with Crippen LogP contribution in [0.3, 0.4) is 0 Å². The van der Waals surface area contributed by atoms with Gasteiger partial charge in [-0.05, 0) is 18.2 Å². The fourth-order valence-electron chi connectivity index (χ4n) is 1.67. The molecule has 0 atom stereocenters. The van der Waals surface area contributed by atoms with E-state index in [0.717, 1.165) is 0 Å². The number of carbonyl (C=O) groups is 2. The summed E-state index contributed by atoms with van der Waals surface area (Å²) in [6.07, 6.45) is 0. The number of nitrogens with one attached hydrogen (secondary N) is 1. The molecule has 1 aromatic carbocycles. The highest BCUT2D eigenvalue weighted by atomic mass is 79.9. The maximum absolute atomic E-state index is 12.0. The number of hydrogen-bond donors (Lipinski definition) is 2. The van der Waals surface area contributed by atoms with E-state index in [2.05, 4.69) is 21.2 Å². The van der Waals surface area contributed by atoms with Crippen molar-refractivity contribution in [3.8, 4) is 5.75 Å². The molecular weight excluding hydrogens is 288 g/mol. The minimum absolute atomic E-state index is 0.0360. The van der Waals surface area contributed by atoms with Crippen molar-refractivity contribution in [3.63, 3.8) is 0 Å². The summed E-state index contributed by atoms with van der Waals surface area (Å²) in [5.74, 6) is -0.596. The average molecular weight is 299 g/mol. The van der Waals surface area contributed by atoms with E-state index in [1.54, 1.807) is 6.07 Å². The van der Waals surface area contributed by atoms with Gasteiger partial charge in [0, 0.05) is 17.6 Å². The van der Waals surface area contributed by atoms with Crippen molar-refractivity contribution in [2.24, 2.45) is 0 Å². The second kappa shape index (κ2) is 4.75. The van der Waals surface area contributed by atoms with Crippen molar-refractivity contribution in [1.29, 1.82) is 0 Å². The monoisotopic (exact) mass is 298 g/mol.